The zero-order chi connectivity index (χ0) is 9.97. The minimum absolute atomic E-state index is 0.777. The van der Waals surface area contributed by atoms with Crippen LogP contribution in [0.3, 0.4) is 0 Å². The lowest BCUT2D eigenvalue weighted by molar-refractivity contribution is 0.195. The molecule has 0 heterocycles. The molecule has 0 aromatic carbocycles. The van der Waals surface area contributed by atoms with Gasteiger partial charge in [0.05, 0.1) is 0 Å². The molecule has 2 atom stereocenters. The predicted molar refractivity (Wildman–Crippen MR) is 60.2 cm³/mol. The second-order valence-corrected chi connectivity index (χ2v) is 5.21. The Morgan fingerprint density at radius 3 is 2.64 bits per heavy atom. The highest BCUT2D eigenvalue weighted by molar-refractivity contribution is 4.85. The normalized spacial score (nSPS) is 32.8. The van der Waals surface area contributed by atoms with Crippen LogP contribution in [0.1, 0.15) is 38.5 Å². The summed E-state index contributed by atoms with van der Waals surface area (Å²) in [5.41, 5.74) is 5.80. The lowest BCUT2D eigenvalue weighted by Gasteiger charge is -2.29. The predicted octanol–water partition coefficient (Wildman–Crippen LogP) is 1.85. The quantitative estimate of drug-likeness (QED) is 0.727. The minimum atomic E-state index is 0.777. The molecule has 14 heavy (non-hydrogen) atoms. The molecule has 2 heteroatoms. The van der Waals surface area contributed by atoms with Crippen molar-refractivity contribution in [3.63, 3.8) is 0 Å². The number of hydrogen-bond donors (Lipinski definition) is 1. The van der Waals surface area contributed by atoms with Gasteiger partial charge in [0, 0.05) is 6.04 Å². The highest BCUT2D eigenvalue weighted by atomic mass is 15.1. The molecule has 82 valence electrons. The number of nitrogens with zero attached hydrogens (tertiary/aromatic N) is 1. The molecule has 2 aliphatic rings. The van der Waals surface area contributed by atoms with Crippen LogP contribution in [-0.4, -0.2) is 31.1 Å². The maximum Gasteiger partial charge on any atom is 0.0132 e. The monoisotopic (exact) mass is 196 g/mol. The molecular weight excluding hydrogens is 172 g/mol. The minimum Gasteiger partial charge on any atom is -0.330 e. The molecule has 0 radical (unpaired) electrons. The zero-order valence-corrected chi connectivity index (χ0v) is 9.41. The van der Waals surface area contributed by atoms with Crippen LogP contribution in [0.5, 0.6) is 0 Å². The van der Waals surface area contributed by atoms with E-state index in [-0.39, 0.29) is 0 Å². The Labute approximate surface area is 87.8 Å². The molecule has 2 aliphatic carbocycles. The molecule has 0 aliphatic heterocycles. The summed E-state index contributed by atoms with van der Waals surface area (Å²) in [4.78, 5) is 2.57. The molecule has 0 saturated heterocycles. The number of nitrogens with two attached hydrogens (primary N) is 1. The maximum atomic E-state index is 5.80. The Morgan fingerprint density at radius 1 is 1.21 bits per heavy atom. The van der Waals surface area contributed by atoms with Crippen LogP contribution < -0.4 is 5.73 Å². The average Bonchev–Trinajstić information content (AvgIpc) is 2.90. The first kappa shape index (κ1) is 10.4. The largest absolute Gasteiger partial charge is 0.330 e. The Morgan fingerprint density at radius 2 is 2.00 bits per heavy atom. The van der Waals surface area contributed by atoms with Gasteiger partial charge < -0.3 is 10.6 Å². The molecule has 0 amide bonds. The summed E-state index contributed by atoms with van der Waals surface area (Å²) < 4.78 is 0. The molecule has 2 rings (SSSR count). The highest BCUT2D eigenvalue weighted by Crippen LogP contribution is 2.34. The van der Waals surface area contributed by atoms with Crippen molar-refractivity contribution in [1.82, 2.24) is 4.90 Å². The van der Waals surface area contributed by atoms with E-state index in [1.807, 2.05) is 0 Å². The fourth-order valence-corrected chi connectivity index (χ4v) is 2.83. The Kier molecular flexibility index (Phi) is 3.45. The number of rotatable bonds is 5. The standard InChI is InChI=1S/C12H24N2/c1-14(8-7-10-5-6-10)12-4-2-3-11(12)9-13/h10-12H,2-9,13H2,1H3. The van der Waals surface area contributed by atoms with Gasteiger partial charge in [0.25, 0.3) is 0 Å². The summed E-state index contributed by atoms with van der Waals surface area (Å²) in [6.45, 7) is 2.18. The first-order chi connectivity index (χ1) is 6.81. The Bertz CT molecular complexity index is 177. The van der Waals surface area contributed by atoms with Crippen molar-refractivity contribution in [2.24, 2.45) is 17.6 Å². The molecule has 2 N–H and O–H groups in total. The van der Waals surface area contributed by atoms with Crippen LogP contribution in [0.15, 0.2) is 0 Å². The van der Waals surface area contributed by atoms with Crippen LogP contribution in [0.25, 0.3) is 0 Å². The van der Waals surface area contributed by atoms with E-state index < -0.39 is 0 Å². The summed E-state index contributed by atoms with van der Waals surface area (Å²) in [5, 5.41) is 0. The third kappa shape index (κ3) is 2.48. The van der Waals surface area contributed by atoms with Crippen molar-refractivity contribution in [2.45, 2.75) is 44.6 Å². The first-order valence-electron chi connectivity index (χ1n) is 6.21. The summed E-state index contributed by atoms with van der Waals surface area (Å²) >= 11 is 0. The van der Waals surface area contributed by atoms with E-state index in [2.05, 4.69) is 11.9 Å². The topological polar surface area (TPSA) is 29.3 Å². The van der Waals surface area contributed by atoms with Crippen molar-refractivity contribution in [3.05, 3.63) is 0 Å². The van der Waals surface area contributed by atoms with E-state index in [9.17, 15) is 0 Å². The van der Waals surface area contributed by atoms with E-state index in [0.29, 0.717) is 0 Å². The van der Waals surface area contributed by atoms with Gasteiger partial charge in [-0.15, -0.1) is 0 Å². The summed E-state index contributed by atoms with van der Waals surface area (Å²) in [6, 6.07) is 0.791. The van der Waals surface area contributed by atoms with Crippen molar-refractivity contribution in [3.8, 4) is 0 Å². The fourth-order valence-electron chi connectivity index (χ4n) is 2.83. The van der Waals surface area contributed by atoms with Crippen molar-refractivity contribution < 1.29 is 0 Å². The molecule has 0 bridgehead atoms. The van der Waals surface area contributed by atoms with Gasteiger partial charge >= 0.3 is 0 Å². The molecule has 2 unspecified atom stereocenters. The highest BCUT2D eigenvalue weighted by Gasteiger charge is 2.30. The fraction of sp³-hybridized carbons (Fsp3) is 1.00. The van der Waals surface area contributed by atoms with E-state index in [0.717, 1.165) is 24.4 Å². The van der Waals surface area contributed by atoms with Gasteiger partial charge in [-0.05, 0) is 51.2 Å². The first-order valence-corrected chi connectivity index (χ1v) is 6.21. The summed E-state index contributed by atoms with van der Waals surface area (Å²) in [6.07, 6.45) is 8.51. The van der Waals surface area contributed by atoms with E-state index in [1.165, 1.54) is 45.1 Å². The maximum absolute atomic E-state index is 5.80. The van der Waals surface area contributed by atoms with Gasteiger partial charge in [0.1, 0.15) is 0 Å². The van der Waals surface area contributed by atoms with Gasteiger partial charge in [-0.25, -0.2) is 0 Å². The molecule has 0 aromatic rings. The third-order valence-corrected chi connectivity index (χ3v) is 4.07. The van der Waals surface area contributed by atoms with Crippen molar-refractivity contribution >= 4 is 0 Å². The van der Waals surface area contributed by atoms with Gasteiger partial charge in [-0.2, -0.15) is 0 Å². The Hall–Kier alpha value is -0.0800. The lowest BCUT2D eigenvalue weighted by atomic mass is 10.0. The van der Waals surface area contributed by atoms with E-state index >= 15 is 0 Å². The van der Waals surface area contributed by atoms with E-state index in [1.54, 1.807) is 0 Å². The van der Waals surface area contributed by atoms with Gasteiger partial charge in [0.2, 0.25) is 0 Å². The van der Waals surface area contributed by atoms with E-state index in [4.69, 9.17) is 5.73 Å². The smallest absolute Gasteiger partial charge is 0.0132 e. The SMILES string of the molecule is CN(CCC1CC1)C1CCCC1CN. The molecule has 2 nitrogen and oxygen atoms in total. The van der Waals surface area contributed by atoms with Crippen LogP contribution >= 0.6 is 0 Å². The van der Waals surface area contributed by atoms with Gasteiger partial charge in [0.15, 0.2) is 0 Å². The molecule has 0 spiro atoms. The van der Waals surface area contributed by atoms with Crippen LogP contribution in [0.4, 0.5) is 0 Å². The van der Waals surface area contributed by atoms with Gasteiger partial charge in [-0.3, -0.25) is 0 Å². The summed E-state index contributed by atoms with van der Waals surface area (Å²) in [5.74, 6) is 1.84. The van der Waals surface area contributed by atoms with Crippen LogP contribution in [-0.2, 0) is 0 Å². The van der Waals surface area contributed by atoms with Crippen molar-refractivity contribution in [2.75, 3.05) is 20.1 Å². The molecule has 0 aromatic heterocycles. The van der Waals surface area contributed by atoms with Crippen LogP contribution in [0.2, 0.25) is 0 Å². The molecule has 2 saturated carbocycles. The molecule has 2 fully saturated rings. The van der Waals surface area contributed by atoms with Crippen molar-refractivity contribution in [1.29, 1.82) is 0 Å². The zero-order valence-electron chi connectivity index (χ0n) is 9.41. The third-order valence-electron chi connectivity index (χ3n) is 4.07. The second kappa shape index (κ2) is 4.63. The van der Waals surface area contributed by atoms with Crippen LogP contribution in [0, 0.1) is 11.8 Å². The summed E-state index contributed by atoms with van der Waals surface area (Å²) in [7, 11) is 2.29. The number of hydrogen-bond acceptors (Lipinski definition) is 2. The Balaban J connectivity index is 1.73. The average molecular weight is 196 g/mol. The molecular formula is C12H24N2. The van der Waals surface area contributed by atoms with Gasteiger partial charge in [-0.1, -0.05) is 19.3 Å². The second-order valence-electron chi connectivity index (χ2n) is 5.21. The lowest BCUT2D eigenvalue weighted by Crippen LogP contribution is -2.38.